The molecule has 0 bridgehead atoms. The summed E-state index contributed by atoms with van der Waals surface area (Å²) >= 11 is 12.4. The van der Waals surface area contributed by atoms with Crippen LogP contribution in [0.5, 0.6) is 0 Å². The summed E-state index contributed by atoms with van der Waals surface area (Å²) in [6.45, 7) is 7.66. The number of urea groups is 1. The van der Waals surface area contributed by atoms with Gasteiger partial charge in [0.2, 0.25) is 0 Å². The number of carboxylic acid groups (broad SMARTS) is 1. The first kappa shape index (κ1) is 20.4. The third-order valence-corrected chi connectivity index (χ3v) is 4.21. The molecule has 0 aliphatic heterocycles. The van der Waals surface area contributed by atoms with E-state index in [9.17, 15) is 14.7 Å². The highest BCUT2D eigenvalue weighted by Crippen LogP contribution is 2.35. The lowest BCUT2D eigenvalue weighted by molar-refractivity contribution is 0.0699. The predicted molar refractivity (Wildman–Crippen MR) is 95.9 cm³/mol. The van der Waals surface area contributed by atoms with Gasteiger partial charge >= 0.3 is 12.1 Å². The highest BCUT2D eigenvalue weighted by Gasteiger charge is 2.35. The summed E-state index contributed by atoms with van der Waals surface area (Å²) in [5, 5.41) is 15.6. The Kier molecular flexibility index (Phi) is 7.17. The Morgan fingerprint density at radius 1 is 1.25 bits per heavy atom. The minimum Gasteiger partial charge on any atom is -0.465 e. The van der Waals surface area contributed by atoms with Crippen LogP contribution >= 0.6 is 23.2 Å². The molecule has 1 unspecified atom stereocenters. The molecule has 1 aromatic carbocycles. The van der Waals surface area contributed by atoms with Gasteiger partial charge in [-0.25, -0.2) is 9.59 Å². The smallest absolute Gasteiger partial charge is 0.408 e. The van der Waals surface area contributed by atoms with Crippen LogP contribution in [0, 0.1) is 0 Å². The average molecular weight is 376 g/mol. The third kappa shape index (κ3) is 5.18. The fraction of sp³-hybridized carbons (Fsp3) is 0.500. The van der Waals surface area contributed by atoms with Crippen molar-refractivity contribution >= 4 is 35.3 Å². The fourth-order valence-corrected chi connectivity index (χ4v) is 2.85. The molecular formula is C16H23Cl2N3O3. The Bertz CT molecular complexity index is 603. The van der Waals surface area contributed by atoms with E-state index in [4.69, 9.17) is 23.2 Å². The van der Waals surface area contributed by atoms with Gasteiger partial charge in [0.1, 0.15) is 0 Å². The molecule has 0 saturated carbocycles. The van der Waals surface area contributed by atoms with E-state index in [-0.39, 0.29) is 17.6 Å². The van der Waals surface area contributed by atoms with Gasteiger partial charge in [0.15, 0.2) is 0 Å². The first-order valence-corrected chi connectivity index (χ1v) is 8.33. The van der Waals surface area contributed by atoms with Crippen LogP contribution < -0.4 is 10.6 Å². The quantitative estimate of drug-likeness (QED) is 0.723. The Morgan fingerprint density at radius 3 is 2.38 bits per heavy atom. The zero-order chi connectivity index (χ0) is 18.5. The molecule has 24 heavy (non-hydrogen) atoms. The number of rotatable bonds is 5. The van der Waals surface area contributed by atoms with E-state index in [1.165, 1.54) is 4.90 Å². The van der Waals surface area contributed by atoms with Crippen molar-refractivity contribution in [2.75, 3.05) is 13.1 Å². The summed E-state index contributed by atoms with van der Waals surface area (Å²) in [5.74, 6) is 0. The van der Waals surface area contributed by atoms with E-state index in [0.717, 1.165) is 0 Å². The van der Waals surface area contributed by atoms with Crippen LogP contribution in [-0.4, -0.2) is 40.8 Å². The number of carbonyl (C=O) groups is 2. The van der Waals surface area contributed by atoms with E-state index in [2.05, 4.69) is 10.6 Å². The second-order valence-electron chi connectivity index (χ2n) is 6.22. The van der Waals surface area contributed by atoms with Gasteiger partial charge in [0.25, 0.3) is 0 Å². The maximum Gasteiger partial charge on any atom is 0.408 e. The lowest BCUT2D eigenvalue weighted by Crippen LogP contribution is -2.51. The summed E-state index contributed by atoms with van der Waals surface area (Å²) in [4.78, 5) is 24.8. The Balaban J connectivity index is 3.27. The van der Waals surface area contributed by atoms with Crippen molar-refractivity contribution < 1.29 is 14.7 Å². The number of carbonyl (C=O) groups excluding carboxylic acids is 1. The summed E-state index contributed by atoms with van der Waals surface area (Å²) in [7, 11) is 0. The fourth-order valence-electron chi connectivity index (χ4n) is 2.42. The third-order valence-electron chi connectivity index (χ3n) is 3.37. The van der Waals surface area contributed by atoms with E-state index in [1.54, 1.807) is 45.9 Å². The van der Waals surface area contributed by atoms with Crippen LogP contribution in [-0.2, 0) is 0 Å². The van der Waals surface area contributed by atoms with Gasteiger partial charge in [0.05, 0.1) is 16.1 Å². The molecule has 0 heterocycles. The molecule has 0 spiro atoms. The minimum absolute atomic E-state index is 0.0649. The molecule has 0 aliphatic carbocycles. The molecule has 3 N–H and O–H groups in total. The van der Waals surface area contributed by atoms with E-state index in [0.29, 0.717) is 17.1 Å². The predicted octanol–water partition coefficient (Wildman–Crippen LogP) is 4.13. The van der Waals surface area contributed by atoms with Crippen molar-refractivity contribution in [2.24, 2.45) is 0 Å². The van der Waals surface area contributed by atoms with Gasteiger partial charge in [0, 0.05) is 18.6 Å². The van der Waals surface area contributed by atoms with E-state index >= 15 is 0 Å². The maximum atomic E-state index is 11.8. The minimum atomic E-state index is -1.11. The van der Waals surface area contributed by atoms with Crippen molar-refractivity contribution in [3.63, 3.8) is 0 Å². The molecule has 0 radical (unpaired) electrons. The Hall–Kier alpha value is -1.66. The van der Waals surface area contributed by atoms with Crippen LogP contribution in [0.15, 0.2) is 18.2 Å². The van der Waals surface area contributed by atoms with Gasteiger partial charge in [-0.15, -0.1) is 0 Å². The molecule has 1 rings (SSSR count). The maximum absolute atomic E-state index is 11.8. The Morgan fingerprint density at radius 2 is 1.88 bits per heavy atom. The molecule has 0 saturated heterocycles. The zero-order valence-electron chi connectivity index (χ0n) is 14.2. The van der Waals surface area contributed by atoms with Crippen molar-refractivity contribution in [3.05, 3.63) is 33.8 Å². The van der Waals surface area contributed by atoms with Gasteiger partial charge in [-0.05, 0) is 39.3 Å². The lowest BCUT2D eigenvalue weighted by atomic mass is 9.98. The standard InChI is InChI=1S/C16H23Cl2N3O3/c1-5-19-14(22)20-9-12(21(15(23)24)16(2,3)4)10-7-6-8-11(17)13(10)18/h6-8,12H,5,9H2,1-4H3,(H,23,24)(H2,19,20,22). The van der Waals surface area contributed by atoms with Crippen molar-refractivity contribution in [1.82, 2.24) is 15.5 Å². The SMILES string of the molecule is CCNC(=O)NCC(c1cccc(Cl)c1Cl)N(C(=O)O)C(C)(C)C. The average Bonchev–Trinajstić information content (AvgIpc) is 2.45. The van der Waals surface area contributed by atoms with Crippen molar-refractivity contribution in [3.8, 4) is 0 Å². The summed E-state index contributed by atoms with van der Waals surface area (Å²) < 4.78 is 0. The molecule has 134 valence electrons. The number of benzene rings is 1. The monoisotopic (exact) mass is 375 g/mol. The molecule has 6 nitrogen and oxygen atoms in total. The van der Waals surface area contributed by atoms with Gasteiger partial charge in [-0.3, -0.25) is 4.90 Å². The number of hydrogen-bond acceptors (Lipinski definition) is 2. The topological polar surface area (TPSA) is 81.7 Å². The number of nitrogens with zero attached hydrogens (tertiary/aromatic N) is 1. The largest absolute Gasteiger partial charge is 0.465 e. The molecule has 0 aliphatic rings. The molecule has 0 aromatic heterocycles. The number of amides is 3. The van der Waals surface area contributed by atoms with Crippen molar-refractivity contribution in [2.45, 2.75) is 39.3 Å². The number of hydrogen-bond donors (Lipinski definition) is 3. The van der Waals surface area contributed by atoms with Crippen LogP contribution in [0.25, 0.3) is 0 Å². The lowest BCUT2D eigenvalue weighted by Gasteiger charge is -2.40. The molecular weight excluding hydrogens is 353 g/mol. The molecule has 3 amide bonds. The van der Waals surface area contributed by atoms with Crippen LogP contribution in [0.1, 0.15) is 39.3 Å². The summed E-state index contributed by atoms with van der Waals surface area (Å²) in [6.07, 6.45) is -1.11. The van der Waals surface area contributed by atoms with Gasteiger partial charge in [-0.2, -0.15) is 0 Å². The first-order chi connectivity index (χ1) is 11.1. The summed E-state index contributed by atoms with van der Waals surface area (Å²) in [6, 6.07) is 3.98. The normalized spacial score (nSPS) is 12.4. The number of nitrogens with one attached hydrogen (secondary N) is 2. The van der Waals surface area contributed by atoms with Crippen LogP contribution in [0.4, 0.5) is 9.59 Å². The number of halogens is 2. The highest BCUT2D eigenvalue weighted by molar-refractivity contribution is 6.42. The summed E-state index contributed by atoms with van der Waals surface area (Å²) in [5.41, 5.74) is -0.163. The molecule has 1 atom stereocenters. The van der Waals surface area contributed by atoms with Gasteiger partial charge in [-0.1, -0.05) is 35.3 Å². The second kappa shape index (κ2) is 8.44. The van der Waals surface area contributed by atoms with E-state index in [1.807, 2.05) is 0 Å². The molecule has 1 aromatic rings. The molecule has 0 fully saturated rings. The second-order valence-corrected chi connectivity index (χ2v) is 7.01. The Labute approximate surface area is 152 Å². The van der Waals surface area contributed by atoms with Crippen molar-refractivity contribution in [1.29, 1.82) is 0 Å². The van der Waals surface area contributed by atoms with E-state index < -0.39 is 17.7 Å². The van der Waals surface area contributed by atoms with Crippen LogP contribution in [0.2, 0.25) is 10.0 Å². The highest BCUT2D eigenvalue weighted by atomic mass is 35.5. The first-order valence-electron chi connectivity index (χ1n) is 7.57. The van der Waals surface area contributed by atoms with Gasteiger partial charge < -0.3 is 15.7 Å². The zero-order valence-corrected chi connectivity index (χ0v) is 15.7. The molecule has 8 heteroatoms. The van der Waals surface area contributed by atoms with Crippen LogP contribution in [0.3, 0.4) is 0 Å².